The number of anilines is 1. The van der Waals surface area contributed by atoms with Gasteiger partial charge in [-0.2, -0.15) is 0 Å². The normalized spacial score (nSPS) is 17.3. The molecule has 176 valence electrons. The van der Waals surface area contributed by atoms with Crippen LogP contribution in [0, 0.1) is 6.92 Å². The van der Waals surface area contributed by atoms with E-state index in [1.807, 2.05) is 62.4 Å². The summed E-state index contributed by atoms with van der Waals surface area (Å²) in [7, 11) is 0. The predicted molar refractivity (Wildman–Crippen MR) is 135 cm³/mol. The number of hydrogen-bond acceptors (Lipinski definition) is 5. The van der Waals surface area contributed by atoms with E-state index in [4.69, 9.17) is 16.3 Å². The lowest BCUT2D eigenvalue weighted by Gasteiger charge is -2.23. The standard InChI is InChI=1S/C27H22ClN3O4/c1-3-35-17-11-12-19(28)18(14-17)24(32)22-23(16-8-6-7-15(2)13-16)31(26(34)25(22)33)27-29-20-9-4-5-10-21(20)30-27/h4-14,23,32H,3H2,1-2H3,(H,29,30)/b24-22+. The van der Waals surface area contributed by atoms with Crippen LogP contribution in [0.15, 0.2) is 72.3 Å². The average Bonchev–Trinajstić information content (AvgIpc) is 3.38. The van der Waals surface area contributed by atoms with Crippen LogP contribution in [-0.4, -0.2) is 33.4 Å². The minimum absolute atomic E-state index is 0.0726. The summed E-state index contributed by atoms with van der Waals surface area (Å²) in [5, 5.41) is 11.6. The maximum Gasteiger partial charge on any atom is 0.302 e. The molecule has 1 saturated heterocycles. The second-order valence-corrected chi connectivity index (χ2v) is 8.64. The van der Waals surface area contributed by atoms with Gasteiger partial charge in [0.2, 0.25) is 5.95 Å². The van der Waals surface area contributed by atoms with Crippen molar-refractivity contribution in [3.8, 4) is 5.75 Å². The average molecular weight is 488 g/mol. The number of benzene rings is 3. The summed E-state index contributed by atoms with van der Waals surface area (Å²) in [6.07, 6.45) is 0. The summed E-state index contributed by atoms with van der Waals surface area (Å²) >= 11 is 6.40. The molecule has 1 atom stereocenters. The smallest absolute Gasteiger partial charge is 0.302 e. The number of fused-ring (bicyclic) bond motifs is 1. The third kappa shape index (κ3) is 3.94. The number of hydrogen-bond donors (Lipinski definition) is 2. The van der Waals surface area contributed by atoms with E-state index in [0.29, 0.717) is 23.4 Å². The van der Waals surface area contributed by atoms with E-state index < -0.39 is 17.7 Å². The molecule has 3 aromatic carbocycles. The third-order valence-electron chi connectivity index (χ3n) is 5.91. The zero-order chi connectivity index (χ0) is 24.7. The maximum absolute atomic E-state index is 13.4. The molecule has 1 unspecified atom stereocenters. The molecule has 0 bridgehead atoms. The first-order valence-electron chi connectivity index (χ1n) is 11.1. The molecule has 35 heavy (non-hydrogen) atoms. The molecule has 0 aliphatic carbocycles. The van der Waals surface area contributed by atoms with Crippen molar-refractivity contribution in [2.75, 3.05) is 11.5 Å². The Morgan fingerprint density at radius 2 is 1.91 bits per heavy atom. The van der Waals surface area contributed by atoms with Crippen molar-refractivity contribution in [2.24, 2.45) is 0 Å². The lowest BCUT2D eigenvalue weighted by Crippen LogP contribution is -2.30. The Morgan fingerprint density at radius 1 is 1.11 bits per heavy atom. The molecule has 2 heterocycles. The van der Waals surface area contributed by atoms with Crippen LogP contribution >= 0.6 is 11.6 Å². The monoisotopic (exact) mass is 487 g/mol. The SMILES string of the molecule is CCOc1ccc(Cl)c(/C(O)=C2\C(=O)C(=O)N(c3nc4ccccc4[nH]3)C2c2cccc(C)c2)c1. The molecule has 1 aliphatic rings. The molecule has 4 aromatic rings. The van der Waals surface area contributed by atoms with Crippen LogP contribution in [0.3, 0.4) is 0 Å². The Labute approximate surface area is 206 Å². The highest BCUT2D eigenvalue weighted by molar-refractivity contribution is 6.51. The van der Waals surface area contributed by atoms with Crippen LogP contribution in [0.4, 0.5) is 5.95 Å². The molecule has 8 heteroatoms. The van der Waals surface area contributed by atoms with Gasteiger partial charge < -0.3 is 14.8 Å². The van der Waals surface area contributed by atoms with E-state index in [1.165, 1.54) is 4.90 Å². The van der Waals surface area contributed by atoms with Crippen LogP contribution in [0.1, 0.15) is 29.7 Å². The number of Topliss-reactive ketones (excluding diaryl/α,β-unsaturated/α-hetero) is 1. The first kappa shape index (κ1) is 22.7. The number of carbonyl (C=O) groups excluding carboxylic acids is 2. The van der Waals surface area contributed by atoms with Crippen LogP contribution in [0.5, 0.6) is 5.75 Å². The number of aromatic nitrogens is 2. The Bertz CT molecular complexity index is 1470. The van der Waals surface area contributed by atoms with Gasteiger partial charge in [-0.05, 0) is 49.7 Å². The first-order chi connectivity index (χ1) is 16.9. The number of imidazole rings is 1. The van der Waals surface area contributed by atoms with Crippen molar-refractivity contribution < 1.29 is 19.4 Å². The number of rotatable bonds is 5. The number of ether oxygens (including phenoxy) is 1. The van der Waals surface area contributed by atoms with Crippen molar-refractivity contribution in [3.63, 3.8) is 0 Å². The van der Waals surface area contributed by atoms with Gasteiger partial charge in [-0.15, -0.1) is 0 Å². The fraction of sp³-hybridized carbons (Fsp3) is 0.148. The van der Waals surface area contributed by atoms with Crippen LogP contribution in [0.25, 0.3) is 16.8 Å². The number of carbonyl (C=O) groups is 2. The zero-order valence-electron chi connectivity index (χ0n) is 19.1. The van der Waals surface area contributed by atoms with Gasteiger partial charge in [-0.1, -0.05) is 53.6 Å². The maximum atomic E-state index is 13.4. The number of aryl methyl sites for hydroxylation is 1. The predicted octanol–water partition coefficient (Wildman–Crippen LogP) is 5.55. The Hall–Kier alpha value is -4.10. The molecular formula is C27H22ClN3O4. The number of nitrogens with zero attached hydrogens (tertiary/aromatic N) is 2. The summed E-state index contributed by atoms with van der Waals surface area (Å²) in [6, 6.07) is 18.7. The van der Waals surface area contributed by atoms with Gasteiger partial charge >= 0.3 is 5.91 Å². The van der Waals surface area contributed by atoms with E-state index in [1.54, 1.807) is 18.2 Å². The van der Waals surface area contributed by atoms with E-state index in [0.717, 1.165) is 11.1 Å². The van der Waals surface area contributed by atoms with Gasteiger partial charge in [0.1, 0.15) is 11.5 Å². The topological polar surface area (TPSA) is 95.5 Å². The number of aliphatic hydroxyl groups is 1. The molecule has 1 amide bonds. The number of para-hydroxylation sites is 2. The second kappa shape index (κ2) is 8.92. The molecule has 0 radical (unpaired) electrons. The van der Waals surface area contributed by atoms with Gasteiger partial charge in [-0.3, -0.25) is 14.5 Å². The van der Waals surface area contributed by atoms with Crippen LogP contribution in [-0.2, 0) is 9.59 Å². The summed E-state index contributed by atoms with van der Waals surface area (Å²) in [5.74, 6) is -1.30. The highest BCUT2D eigenvalue weighted by Crippen LogP contribution is 2.43. The third-order valence-corrected chi connectivity index (χ3v) is 6.24. The molecule has 0 spiro atoms. The summed E-state index contributed by atoms with van der Waals surface area (Å²) in [6.45, 7) is 4.17. The Morgan fingerprint density at radius 3 is 2.66 bits per heavy atom. The number of H-pyrrole nitrogens is 1. The highest BCUT2D eigenvalue weighted by Gasteiger charge is 2.48. The number of aliphatic hydroxyl groups excluding tert-OH is 1. The largest absolute Gasteiger partial charge is 0.507 e. The molecule has 1 fully saturated rings. The van der Waals surface area contributed by atoms with Crippen LogP contribution in [0.2, 0.25) is 5.02 Å². The number of halogens is 1. The van der Waals surface area contributed by atoms with Crippen molar-refractivity contribution >= 4 is 46.0 Å². The van der Waals surface area contributed by atoms with Gasteiger partial charge in [0.05, 0.1) is 34.3 Å². The minimum Gasteiger partial charge on any atom is -0.507 e. The quantitative estimate of drug-likeness (QED) is 0.218. The summed E-state index contributed by atoms with van der Waals surface area (Å²) < 4.78 is 5.54. The van der Waals surface area contributed by atoms with Crippen molar-refractivity contribution in [2.45, 2.75) is 19.9 Å². The number of amides is 1. The van der Waals surface area contributed by atoms with E-state index in [2.05, 4.69) is 9.97 Å². The highest BCUT2D eigenvalue weighted by atomic mass is 35.5. The van der Waals surface area contributed by atoms with Gasteiger partial charge in [-0.25, -0.2) is 4.98 Å². The van der Waals surface area contributed by atoms with E-state index >= 15 is 0 Å². The molecule has 0 saturated carbocycles. The number of ketones is 1. The van der Waals surface area contributed by atoms with E-state index in [9.17, 15) is 14.7 Å². The zero-order valence-corrected chi connectivity index (χ0v) is 19.8. The van der Waals surface area contributed by atoms with Crippen molar-refractivity contribution in [3.05, 3.63) is 94.0 Å². The molecule has 1 aromatic heterocycles. The van der Waals surface area contributed by atoms with Gasteiger partial charge in [0.25, 0.3) is 5.78 Å². The van der Waals surface area contributed by atoms with Gasteiger partial charge in [0, 0.05) is 5.56 Å². The molecular weight excluding hydrogens is 466 g/mol. The number of aromatic amines is 1. The van der Waals surface area contributed by atoms with Crippen molar-refractivity contribution in [1.82, 2.24) is 9.97 Å². The minimum atomic E-state index is -0.915. The second-order valence-electron chi connectivity index (χ2n) is 8.24. The summed E-state index contributed by atoms with van der Waals surface area (Å²) in [4.78, 5) is 35.7. The summed E-state index contributed by atoms with van der Waals surface area (Å²) in [5.41, 5.74) is 3.10. The molecule has 2 N–H and O–H groups in total. The number of nitrogens with one attached hydrogen (secondary N) is 1. The Balaban J connectivity index is 1.74. The fourth-order valence-electron chi connectivity index (χ4n) is 4.35. The lowest BCUT2D eigenvalue weighted by atomic mass is 9.94. The fourth-order valence-corrected chi connectivity index (χ4v) is 4.55. The van der Waals surface area contributed by atoms with Crippen LogP contribution < -0.4 is 9.64 Å². The van der Waals surface area contributed by atoms with E-state index in [-0.39, 0.29) is 27.9 Å². The molecule has 7 nitrogen and oxygen atoms in total. The Kier molecular flexibility index (Phi) is 5.78. The molecule has 1 aliphatic heterocycles. The van der Waals surface area contributed by atoms with Crippen molar-refractivity contribution in [1.29, 1.82) is 0 Å². The first-order valence-corrected chi connectivity index (χ1v) is 11.5. The molecule has 5 rings (SSSR count). The lowest BCUT2D eigenvalue weighted by molar-refractivity contribution is -0.132. The van der Waals surface area contributed by atoms with Gasteiger partial charge in [0.15, 0.2) is 0 Å².